The second-order valence-corrected chi connectivity index (χ2v) is 5.95. The Morgan fingerprint density at radius 2 is 1.84 bits per heavy atom. The van der Waals surface area contributed by atoms with E-state index in [0.717, 1.165) is 10.0 Å². The van der Waals surface area contributed by atoms with Crippen molar-refractivity contribution in [3.8, 4) is 11.5 Å². The predicted molar refractivity (Wildman–Crippen MR) is 80.9 cm³/mol. The van der Waals surface area contributed by atoms with Gasteiger partial charge in [0.05, 0.1) is 0 Å². The minimum atomic E-state index is -0.351. The lowest BCUT2D eigenvalue weighted by Crippen LogP contribution is -2.05. The Balaban J connectivity index is 2.26. The predicted octanol–water partition coefficient (Wildman–Crippen LogP) is 5.16. The van der Waals surface area contributed by atoms with Gasteiger partial charge in [-0.3, -0.25) is 0 Å². The van der Waals surface area contributed by atoms with Crippen LogP contribution in [-0.2, 0) is 0 Å². The molecule has 0 amide bonds. The third-order valence-electron chi connectivity index (χ3n) is 2.53. The molecule has 0 aliphatic heterocycles. The van der Waals surface area contributed by atoms with Crippen LogP contribution >= 0.6 is 31.9 Å². The van der Waals surface area contributed by atoms with Crippen LogP contribution in [0.1, 0.15) is 18.5 Å². The average Bonchev–Trinajstić information content (AvgIpc) is 2.26. The van der Waals surface area contributed by atoms with Crippen molar-refractivity contribution in [3.05, 3.63) is 56.7 Å². The summed E-state index contributed by atoms with van der Waals surface area (Å²) in [5.74, 6) is 0.705. The van der Waals surface area contributed by atoms with E-state index in [2.05, 4.69) is 31.9 Å². The first kappa shape index (κ1) is 14.5. The number of hydrogen-bond acceptors (Lipinski definition) is 2. The molecule has 0 aliphatic rings. The highest BCUT2D eigenvalue weighted by Crippen LogP contribution is 2.30. The van der Waals surface area contributed by atoms with Crippen LogP contribution in [0, 0.1) is 5.82 Å². The lowest BCUT2D eigenvalue weighted by Gasteiger charge is -2.11. The molecule has 0 radical (unpaired) electrons. The molecule has 0 bridgehead atoms. The third kappa shape index (κ3) is 3.78. The van der Waals surface area contributed by atoms with Gasteiger partial charge in [0.2, 0.25) is 0 Å². The summed E-state index contributed by atoms with van der Waals surface area (Å²) in [6, 6.07) is 9.86. The number of ether oxygens (including phenoxy) is 1. The standard InChI is InChI=1S/C14H12Br2FNO/c1-8(18)13-3-2-11(7-14(13)16)19-12-5-9(15)4-10(17)6-12/h2-8H,18H2,1H3/t8-/m1/s1. The van der Waals surface area contributed by atoms with Crippen molar-refractivity contribution >= 4 is 31.9 Å². The maximum absolute atomic E-state index is 13.2. The first-order chi connectivity index (χ1) is 8.95. The molecule has 2 aromatic carbocycles. The quantitative estimate of drug-likeness (QED) is 0.787. The summed E-state index contributed by atoms with van der Waals surface area (Å²) in [7, 11) is 0. The summed E-state index contributed by atoms with van der Waals surface area (Å²) in [5, 5.41) is 0. The number of nitrogens with two attached hydrogens (primary N) is 1. The topological polar surface area (TPSA) is 35.2 Å². The van der Waals surface area contributed by atoms with E-state index in [1.54, 1.807) is 6.07 Å². The Labute approximate surface area is 128 Å². The number of hydrogen-bond donors (Lipinski definition) is 1. The highest BCUT2D eigenvalue weighted by atomic mass is 79.9. The van der Waals surface area contributed by atoms with Crippen molar-refractivity contribution in [1.82, 2.24) is 0 Å². The molecule has 5 heteroatoms. The highest BCUT2D eigenvalue weighted by Gasteiger charge is 2.07. The van der Waals surface area contributed by atoms with Crippen LogP contribution in [0.15, 0.2) is 45.3 Å². The lowest BCUT2D eigenvalue weighted by atomic mass is 10.1. The molecule has 0 fully saturated rings. The average molecular weight is 389 g/mol. The molecule has 0 unspecified atom stereocenters. The molecule has 2 N–H and O–H groups in total. The summed E-state index contributed by atoms with van der Waals surface area (Å²) in [4.78, 5) is 0. The summed E-state index contributed by atoms with van der Waals surface area (Å²) in [5.41, 5.74) is 6.82. The minimum absolute atomic E-state index is 0.0632. The fourth-order valence-corrected chi connectivity index (χ4v) is 2.83. The molecule has 100 valence electrons. The minimum Gasteiger partial charge on any atom is -0.457 e. The third-order valence-corrected chi connectivity index (χ3v) is 3.68. The number of rotatable bonds is 3. The van der Waals surface area contributed by atoms with Gasteiger partial charge in [-0.25, -0.2) is 4.39 Å². The van der Waals surface area contributed by atoms with Crippen molar-refractivity contribution in [2.75, 3.05) is 0 Å². The van der Waals surface area contributed by atoms with Crippen molar-refractivity contribution in [2.24, 2.45) is 5.73 Å². The van der Waals surface area contributed by atoms with Crippen molar-refractivity contribution in [3.63, 3.8) is 0 Å². The van der Waals surface area contributed by atoms with E-state index in [0.29, 0.717) is 16.0 Å². The summed E-state index contributed by atoms with van der Waals surface area (Å²) >= 11 is 6.67. The van der Waals surface area contributed by atoms with E-state index in [4.69, 9.17) is 10.5 Å². The monoisotopic (exact) mass is 387 g/mol. The van der Waals surface area contributed by atoms with Gasteiger partial charge >= 0.3 is 0 Å². The fraction of sp³-hybridized carbons (Fsp3) is 0.143. The zero-order valence-corrected chi connectivity index (χ0v) is 13.3. The second kappa shape index (κ2) is 6.03. The first-order valence-electron chi connectivity index (χ1n) is 5.64. The van der Waals surface area contributed by atoms with Crippen molar-refractivity contribution in [1.29, 1.82) is 0 Å². The molecule has 0 saturated heterocycles. The van der Waals surface area contributed by atoms with Gasteiger partial charge in [-0.05, 0) is 36.8 Å². The van der Waals surface area contributed by atoms with Crippen LogP contribution in [-0.4, -0.2) is 0 Å². The van der Waals surface area contributed by atoms with E-state index >= 15 is 0 Å². The summed E-state index contributed by atoms with van der Waals surface area (Å²) in [6.07, 6.45) is 0. The Bertz CT molecular complexity index is 582. The Morgan fingerprint density at radius 3 is 2.42 bits per heavy atom. The molecular formula is C14H12Br2FNO. The van der Waals surface area contributed by atoms with E-state index in [9.17, 15) is 4.39 Å². The van der Waals surface area contributed by atoms with Gasteiger partial charge in [-0.2, -0.15) is 0 Å². The van der Waals surface area contributed by atoms with Gasteiger partial charge in [0.1, 0.15) is 17.3 Å². The molecule has 0 saturated carbocycles. The Hall–Kier alpha value is -0.910. The molecule has 19 heavy (non-hydrogen) atoms. The largest absolute Gasteiger partial charge is 0.457 e. The van der Waals surface area contributed by atoms with Gasteiger partial charge < -0.3 is 10.5 Å². The molecule has 2 rings (SSSR count). The van der Waals surface area contributed by atoms with Crippen LogP contribution in [0.2, 0.25) is 0 Å². The van der Waals surface area contributed by atoms with E-state index in [-0.39, 0.29) is 11.9 Å². The Kier molecular flexibility index (Phi) is 4.60. The van der Waals surface area contributed by atoms with Crippen LogP contribution in [0.25, 0.3) is 0 Å². The molecule has 0 spiro atoms. The number of benzene rings is 2. The molecule has 1 atom stereocenters. The maximum Gasteiger partial charge on any atom is 0.131 e. The van der Waals surface area contributed by atoms with Crippen LogP contribution in [0.5, 0.6) is 11.5 Å². The van der Waals surface area contributed by atoms with Crippen molar-refractivity contribution < 1.29 is 9.13 Å². The summed E-state index contributed by atoms with van der Waals surface area (Å²) < 4.78 is 20.4. The van der Waals surface area contributed by atoms with Gasteiger partial charge in [0.15, 0.2) is 0 Å². The molecule has 0 aliphatic carbocycles. The van der Waals surface area contributed by atoms with Gasteiger partial charge in [-0.1, -0.05) is 37.9 Å². The molecular weight excluding hydrogens is 377 g/mol. The molecule has 0 aromatic heterocycles. The van der Waals surface area contributed by atoms with Crippen molar-refractivity contribution in [2.45, 2.75) is 13.0 Å². The van der Waals surface area contributed by atoms with Crippen LogP contribution < -0.4 is 10.5 Å². The van der Waals surface area contributed by atoms with Crippen LogP contribution in [0.4, 0.5) is 4.39 Å². The van der Waals surface area contributed by atoms with Gasteiger partial charge in [0.25, 0.3) is 0 Å². The van der Waals surface area contributed by atoms with E-state index in [1.807, 2.05) is 25.1 Å². The van der Waals surface area contributed by atoms with Crippen LogP contribution in [0.3, 0.4) is 0 Å². The van der Waals surface area contributed by atoms with E-state index < -0.39 is 0 Å². The lowest BCUT2D eigenvalue weighted by molar-refractivity contribution is 0.475. The normalized spacial score (nSPS) is 12.3. The fourth-order valence-electron chi connectivity index (χ4n) is 1.66. The summed E-state index contributed by atoms with van der Waals surface area (Å²) in [6.45, 7) is 1.91. The number of halogens is 3. The smallest absolute Gasteiger partial charge is 0.131 e. The molecule has 2 aromatic rings. The maximum atomic E-state index is 13.2. The zero-order chi connectivity index (χ0) is 14.0. The Morgan fingerprint density at radius 1 is 1.11 bits per heavy atom. The van der Waals surface area contributed by atoms with Gasteiger partial charge in [-0.15, -0.1) is 0 Å². The SMILES string of the molecule is C[C@@H](N)c1ccc(Oc2cc(F)cc(Br)c2)cc1Br. The van der Waals surface area contributed by atoms with Gasteiger partial charge in [0, 0.05) is 21.1 Å². The second-order valence-electron chi connectivity index (χ2n) is 4.18. The molecule has 2 nitrogen and oxygen atoms in total. The highest BCUT2D eigenvalue weighted by molar-refractivity contribution is 9.10. The molecule has 0 heterocycles. The van der Waals surface area contributed by atoms with E-state index in [1.165, 1.54) is 12.1 Å². The first-order valence-corrected chi connectivity index (χ1v) is 7.23. The zero-order valence-electron chi connectivity index (χ0n) is 10.2.